The van der Waals surface area contributed by atoms with Crippen LogP contribution in [0.2, 0.25) is 5.02 Å². The smallest absolute Gasteiger partial charge is 0.406 e. The van der Waals surface area contributed by atoms with Gasteiger partial charge in [-0.15, -0.1) is 0 Å². The second-order valence-electron chi connectivity index (χ2n) is 9.70. The molecule has 1 saturated heterocycles. The molecule has 196 valence electrons. The number of ether oxygens (including phenoxy) is 2. The van der Waals surface area contributed by atoms with Crippen LogP contribution >= 0.6 is 11.6 Å². The van der Waals surface area contributed by atoms with Crippen LogP contribution in [0.3, 0.4) is 0 Å². The molecule has 0 radical (unpaired) electrons. The highest BCUT2D eigenvalue weighted by molar-refractivity contribution is 6.30. The Bertz CT molecular complexity index is 805. The molecule has 3 amide bonds. The molecule has 8 nitrogen and oxygen atoms in total. The van der Waals surface area contributed by atoms with Gasteiger partial charge in [0.05, 0.1) is 19.8 Å². The monoisotopic (exact) mass is 508 g/mol. The van der Waals surface area contributed by atoms with E-state index in [1.807, 2.05) is 36.2 Å². The van der Waals surface area contributed by atoms with Crippen LogP contribution in [-0.4, -0.2) is 70.0 Å². The zero-order chi connectivity index (χ0) is 25.0. The number of likely N-dealkylation sites (tertiary alicyclic amines) is 1. The van der Waals surface area contributed by atoms with Gasteiger partial charge in [-0.05, 0) is 49.9 Å². The van der Waals surface area contributed by atoms with E-state index in [1.165, 1.54) is 32.8 Å². The number of amides is 3. The molecule has 3 atom stereocenters. The maximum absolute atomic E-state index is 13.2. The van der Waals surface area contributed by atoms with Crippen molar-refractivity contribution in [2.75, 3.05) is 46.9 Å². The summed E-state index contributed by atoms with van der Waals surface area (Å²) in [6, 6.07) is 7.83. The number of rotatable bonds is 11. The molecule has 0 spiro atoms. The predicted octanol–water partition coefficient (Wildman–Crippen LogP) is 4.34. The van der Waals surface area contributed by atoms with Crippen molar-refractivity contribution in [3.63, 3.8) is 0 Å². The van der Waals surface area contributed by atoms with Crippen molar-refractivity contribution in [3.05, 3.63) is 34.9 Å². The van der Waals surface area contributed by atoms with E-state index in [0.717, 1.165) is 37.9 Å². The van der Waals surface area contributed by atoms with Crippen LogP contribution in [0.15, 0.2) is 24.3 Å². The Morgan fingerprint density at radius 2 is 2.00 bits per heavy atom. The van der Waals surface area contributed by atoms with Gasteiger partial charge in [0.2, 0.25) is 0 Å². The SMILES string of the molecule is CNC[C@H](CC1CCCC1)NC(=O)N1CCC[C@@H]([C@@H](OCCNC(=O)OC)c2cccc(Cl)c2)C1. The largest absolute Gasteiger partial charge is 0.453 e. The summed E-state index contributed by atoms with van der Waals surface area (Å²) in [5, 5.41) is 9.84. The van der Waals surface area contributed by atoms with Crippen molar-refractivity contribution in [1.29, 1.82) is 0 Å². The number of carbonyl (C=O) groups excluding carboxylic acids is 2. The lowest BCUT2D eigenvalue weighted by atomic mass is 9.88. The summed E-state index contributed by atoms with van der Waals surface area (Å²) in [6.45, 7) is 2.81. The van der Waals surface area contributed by atoms with E-state index in [0.29, 0.717) is 30.6 Å². The number of alkyl carbamates (subject to hydrolysis) is 1. The number of likely N-dealkylation sites (N-methyl/N-ethyl adjacent to an activating group) is 1. The van der Waals surface area contributed by atoms with E-state index >= 15 is 0 Å². The van der Waals surface area contributed by atoms with Crippen LogP contribution in [0.1, 0.15) is 56.6 Å². The zero-order valence-electron chi connectivity index (χ0n) is 21.1. The number of nitrogens with one attached hydrogen (secondary N) is 3. The highest BCUT2D eigenvalue weighted by Crippen LogP contribution is 2.34. The third-order valence-electron chi connectivity index (χ3n) is 7.08. The van der Waals surface area contributed by atoms with Gasteiger partial charge < -0.3 is 30.3 Å². The van der Waals surface area contributed by atoms with Crippen molar-refractivity contribution in [2.24, 2.45) is 11.8 Å². The van der Waals surface area contributed by atoms with Crippen molar-refractivity contribution < 1.29 is 19.1 Å². The molecule has 1 aliphatic heterocycles. The summed E-state index contributed by atoms with van der Waals surface area (Å²) >= 11 is 6.28. The predicted molar refractivity (Wildman–Crippen MR) is 138 cm³/mol. The van der Waals surface area contributed by atoms with Gasteiger partial charge in [0, 0.05) is 43.2 Å². The van der Waals surface area contributed by atoms with Gasteiger partial charge in [0.15, 0.2) is 0 Å². The third-order valence-corrected chi connectivity index (χ3v) is 7.31. The lowest BCUT2D eigenvalue weighted by molar-refractivity contribution is -0.00863. The molecular formula is C26H41ClN4O4. The van der Waals surface area contributed by atoms with Gasteiger partial charge in [-0.1, -0.05) is 49.4 Å². The molecule has 1 aliphatic carbocycles. The Hall–Kier alpha value is -2.03. The molecule has 1 aromatic carbocycles. The molecule has 0 unspecified atom stereocenters. The third kappa shape index (κ3) is 8.85. The highest BCUT2D eigenvalue weighted by Gasteiger charge is 2.32. The molecule has 3 N–H and O–H groups in total. The average molecular weight is 509 g/mol. The molecule has 1 aromatic rings. The van der Waals surface area contributed by atoms with Gasteiger partial charge in [0.25, 0.3) is 0 Å². The van der Waals surface area contributed by atoms with Gasteiger partial charge in [0.1, 0.15) is 0 Å². The fourth-order valence-electron chi connectivity index (χ4n) is 5.39. The normalized spacial score (nSPS) is 20.3. The van der Waals surface area contributed by atoms with Crippen LogP contribution in [0, 0.1) is 11.8 Å². The maximum Gasteiger partial charge on any atom is 0.406 e. The maximum atomic E-state index is 13.2. The number of hydrogen-bond acceptors (Lipinski definition) is 5. The van der Waals surface area contributed by atoms with Crippen molar-refractivity contribution in [1.82, 2.24) is 20.9 Å². The average Bonchev–Trinajstić information content (AvgIpc) is 3.37. The molecule has 9 heteroatoms. The second kappa shape index (κ2) is 14.5. The van der Waals surface area contributed by atoms with Crippen LogP contribution in [0.5, 0.6) is 0 Å². The Kier molecular flexibility index (Phi) is 11.4. The lowest BCUT2D eigenvalue weighted by Crippen LogP contribution is -2.51. The summed E-state index contributed by atoms with van der Waals surface area (Å²) in [4.78, 5) is 26.5. The van der Waals surface area contributed by atoms with E-state index < -0.39 is 6.09 Å². The molecule has 0 aromatic heterocycles. The summed E-state index contributed by atoms with van der Waals surface area (Å²) in [5.74, 6) is 0.839. The highest BCUT2D eigenvalue weighted by atomic mass is 35.5. The van der Waals surface area contributed by atoms with E-state index in [2.05, 4.69) is 20.7 Å². The number of hydrogen-bond donors (Lipinski definition) is 3. The minimum absolute atomic E-state index is 0.00477. The van der Waals surface area contributed by atoms with Gasteiger partial charge in [-0.25, -0.2) is 9.59 Å². The lowest BCUT2D eigenvalue weighted by Gasteiger charge is -2.38. The Morgan fingerprint density at radius 3 is 2.71 bits per heavy atom. The van der Waals surface area contributed by atoms with Crippen LogP contribution in [-0.2, 0) is 9.47 Å². The number of nitrogens with zero attached hydrogens (tertiary/aromatic N) is 1. The van der Waals surface area contributed by atoms with Gasteiger partial charge in [-0.3, -0.25) is 0 Å². The number of methoxy groups -OCH3 is 1. The quantitative estimate of drug-likeness (QED) is 0.387. The molecule has 35 heavy (non-hydrogen) atoms. The number of urea groups is 1. The number of piperidine rings is 1. The van der Waals surface area contributed by atoms with Gasteiger partial charge >= 0.3 is 12.1 Å². The standard InChI is InChI=1S/C26H41ClN4O4/c1-28-17-23(15-19-7-3-4-8-19)30-25(32)31-13-6-10-21(18-31)24(20-9-5-11-22(27)16-20)35-14-12-29-26(33)34-2/h5,9,11,16,19,21,23-24,28H,3-4,6-8,10,12-15,17-18H2,1-2H3,(H,29,33)(H,30,32)/t21-,23+,24+/m1/s1. The molecular weight excluding hydrogens is 468 g/mol. The first-order valence-corrected chi connectivity index (χ1v) is 13.3. The summed E-state index contributed by atoms with van der Waals surface area (Å²) in [6.07, 6.45) is 7.34. The van der Waals surface area contributed by atoms with Crippen LogP contribution in [0.25, 0.3) is 0 Å². The Balaban J connectivity index is 1.62. The van der Waals surface area contributed by atoms with E-state index in [4.69, 9.17) is 16.3 Å². The molecule has 0 bridgehead atoms. The topological polar surface area (TPSA) is 91.9 Å². The fraction of sp³-hybridized carbons (Fsp3) is 0.692. The molecule has 1 heterocycles. The minimum Gasteiger partial charge on any atom is -0.453 e. The number of carbonyl (C=O) groups is 2. The first kappa shape index (κ1) is 27.6. The van der Waals surface area contributed by atoms with E-state index in [9.17, 15) is 9.59 Å². The summed E-state index contributed by atoms with van der Waals surface area (Å²) in [5.41, 5.74) is 0.983. The van der Waals surface area contributed by atoms with E-state index in [-0.39, 0.29) is 24.1 Å². The second-order valence-corrected chi connectivity index (χ2v) is 10.1. The number of benzene rings is 1. The Morgan fingerprint density at radius 1 is 1.20 bits per heavy atom. The zero-order valence-corrected chi connectivity index (χ0v) is 21.8. The number of halogens is 1. The molecule has 2 aliphatic rings. The van der Waals surface area contributed by atoms with Crippen molar-refractivity contribution >= 4 is 23.7 Å². The van der Waals surface area contributed by atoms with Crippen molar-refractivity contribution in [2.45, 2.75) is 57.1 Å². The summed E-state index contributed by atoms with van der Waals surface area (Å²) in [7, 11) is 3.27. The first-order chi connectivity index (χ1) is 17.0. The first-order valence-electron chi connectivity index (χ1n) is 12.9. The Labute approximate surface area is 214 Å². The van der Waals surface area contributed by atoms with Crippen molar-refractivity contribution in [3.8, 4) is 0 Å². The van der Waals surface area contributed by atoms with E-state index in [1.54, 1.807) is 0 Å². The molecule has 1 saturated carbocycles. The van der Waals surface area contributed by atoms with Crippen LogP contribution < -0.4 is 16.0 Å². The minimum atomic E-state index is -0.484. The van der Waals surface area contributed by atoms with Crippen LogP contribution in [0.4, 0.5) is 9.59 Å². The molecule has 2 fully saturated rings. The summed E-state index contributed by atoms with van der Waals surface area (Å²) < 4.78 is 10.9. The van der Waals surface area contributed by atoms with Gasteiger partial charge in [-0.2, -0.15) is 0 Å². The fourth-order valence-corrected chi connectivity index (χ4v) is 5.59. The molecule has 3 rings (SSSR count).